The number of hydrogen-bond donors (Lipinski definition) is 0. The van der Waals surface area contributed by atoms with Gasteiger partial charge in [-0.3, -0.25) is 4.79 Å². The zero-order valence-electron chi connectivity index (χ0n) is 9.85. The lowest BCUT2D eigenvalue weighted by atomic mass is 9.78. The number of allylic oxidation sites excluding steroid dienone is 1. The van der Waals surface area contributed by atoms with Crippen LogP contribution in [0.4, 0.5) is 0 Å². The fraction of sp³-hybridized carbons (Fsp3) is 0.583. The Balaban J connectivity index is 2.86. The van der Waals surface area contributed by atoms with Crippen molar-refractivity contribution < 1.29 is 14.3 Å². The molecule has 1 rings (SSSR count). The second-order valence-corrected chi connectivity index (χ2v) is 3.91. The Morgan fingerprint density at radius 2 is 1.93 bits per heavy atom. The molecule has 0 N–H and O–H groups in total. The molecule has 0 atom stereocenters. The minimum absolute atomic E-state index is 0.0655. The van der Waals surface area contributed by atoms with Gasteiger partial charge in [-0.05, 0) is 26.7 Å². The van der Waals surface area contributed by atoms with E-state index >= 15 is 0 Å². The summed E-state index contributed by atoms with van der Waals surface area (Å²) in [5, 5.41) is 0. The Morgan fingerprint density at radius 3 is 2.33 bits per heavy atom. The van der Waals surface area contributed by atoms with Gasteiger partial charge in [0.1, 0.15) is 0 Å². The number of hydrogen-bond acceptors (Lipinski definition) is 3. The minimum atomic E-state index is -1.11. The number of Topliss-reactive ketones (excluding diaryl/α,β-unsaturated/α-hetero) is 1. The van der Waals surface area contributed by atoms with Crippen LogP contribution < -0.4 is 0 Å². The summed E-state index contributed by atoms with van der Waals surface area (Å²) < 4.78 is 10.4. The van der Waals surface area contributed by atoms with Gasteiger partial charge in [0.05, 0.1) is 0 Å². The molecule has 15 heavy (non-hydrogen) atoms. The summed E-state index contributed by atoms with van der Waals surface area (Å²) in [4.78, 5) is 11.7. The lowest BCUT2D eigenvalue weighted by molar-refractivity contribution is -0.196. The van der Waals surface area contributed by atoms with Crippen LogP contribution in [0.2, 0.25) is 0 Å². The molecule has 0 amide bonds. The molecule has 3 heteroatoms. The molecule has 1 aliphatic rings. The Morgan fingerprint density at radius 1 is 1.40 bits per heavy atom. The normalized spacial score (nSPS) is 19.1. The molecular weight excluding hydrogens is 192 g/mol. The first kappa shape index (κ1) is 12.1. The molecule has 0 aliphatic heterocycles. The maximum Gasteiger partial charge on any atom is 0.256 e. The zero-order chi connectivity index (χ0) is 11.6. The fourth-order valence-electron chi connectivity index (χ4n) is 1.91. The molecule has 0 aromatic heterocycles. The van der Waals surface area contributed by atoms with Gasteiger partial charge in [0.25, 0.3) is 5.79 Å². The number of carbonyl (C=O) groups excluding carboxylic acids is 1. The second-order valence-electron chi connectivity index (χ2n) is 3.91. The van der Waals surface area contributed by atoms with Gasteiger partial charge in [-0.1, -0.05) is 5.57 Å². The van der Waals surface area contributed by atoms with Gasteiger partial charge < -0.3 is 9.47 Å². The molecule has 1 aliphatic carbocycles. The summed E-state index contributed by atoms with van der Waals surface area (Å²) in [5.41, 5.74) is 2.80. The van der Waals surface area contributed by atoms with Crippen LogP contribution in [0.1, 0.15) is 26.7 Å². The van der Waals surface area contributed by atoms with E-state index in [1.54, 1.807) is 0 Å². The number of ketones is 1. The quantitative estimate of drug-likeness (QED) is 0.515. The molecule has 0 saturated heterocycles. The maximum atomic E-state index is 11.7. The van der Waals surface area contributed by atoms with E-state index in [0.29, 0.717) is 0 Å². The van der Waals surface area contributed by atoms with E-state index in [1.165, 1.54) is 14.2 Å². The summed E-state index contributed by atoms with van der Waals surface area (Å²) in [7, 11) is 2.99. The van der Waals surface area contributed by atoms with Crippen LogP contribution in [0.3, 0.4) is 0 Å². The second kappa shape index (κ2) is 4.29. The van der Waals surface area contributed by atoms with E-state index in [9.17, 15) is 4.79 Å². The van der Waals surface area contributed by atoms with Gasteiger partial charge in [-0.25, -0.2) is 0 Å². The van der Waals surface area contributed by atoms with Crippen LogP contribution in [-0.4, -0.2) is 25.8 Å². The number of methoxy groups -OCH3 is 2. The first-order chi connectivity index (χ1) is 6.99. The van der Waals surface area contributed by atoms with E-state index in [1.807, 2.05) is 13.8 Å². The highest BCUT2D eigenvalue weighted by molar-refractivity contribution is 6.10. The van der Waals surface area contributed by atoms with Crippen LogP contribution >= 0.6 is 0 Å². The van der Waals surface area contributed by atoms with Crippen LogP contribution in [0.25, 0.3) is 0 Å². The van der Waals surface area contributed by atoms with Crippen molar-refractivity contribution in [1.82, 2.24) is 0 Å². The third-order valence-corrected chi connectivity index (χ3v) is 2.87. The largest absolute Gasteiger partial charge is 0.343 e. The Hall–Kier alpha value is -0.930. The standard InChI is InChI=1S/C12H18O3/c1-8(2)6-7-10-9(3)11(13)12(10,14-4)15-5/h1,6-7H2,2-5H3. The minimum Gasteiger partial charge on any atom is -0.343 e. The molecule has 0 heterocycles. The fourth-order valence-corrected chi connectivity index (χ4v) is 1.91. The molecule has 0 spiro atoms. The van der Waals surface area contributed by atoms with Crippen molar-refractivity contribution in [3.05, 3.63) is 23.3 Å². The summed E-state index contributed by atoms with van der Waals surface area (Å²) in [6.07, 6.45) is 1.63. The monoisotopic (exact) mass is 210 g/mol. The van der Waals surface area contributed by atoms with Crippen molar-refractivity contribution in [2.75, 3.05) is 14.2 Å². The highest BCUT2D eigenvalue weighted by Gasteiger charge is 2.52. The molecule has 0 radical (unpaired) electrons. The smallest absolute Gasteiger partial charge is 0.256 e. The predicted octanol–water partition coefficient (Wildman–Crippen LogP) is 2.23. The van der Waals surface area contributed by atoms with E-state index in [-0.39, 0.29) is 5.78 Å². The first-order valence-corrected chi connectivity index (χ1v) is 4.99. The SMILES string of the molecule is C=C(C)CCC1=C(C)C(=O)C1(OC)OC. The van der Waals surface area contributed by atoms with Crippen molar-refractivity contribution in [1.29, 1.82) is 0 Å². The summed E-state index contributed by atoms with van der Waals surface area (Å²) in [6, 6.07) is 0. The third-order valence-electron chi connectivity index (χ3n) is 2.87. The Labute approximate surface area is 90.8 Å². The van der Waals surface area contributed by atoms with Crippen molar-refractivity contribution in [2.45, 2.75) is 32.5 Å². The van der Waals surface area contributed by atoms with Gasteiger partial charge in [-0.15, -0.1) is 6.58 Å². The molecule has 0 aromatic rings. The highest BCUT2D eigenvalue weighted by Crippen LogP contribution is 2.41. The van der Waals surface area contributed by atoms with E-state index < -0.39 is 5.79 Å². The van der Waals surface area contributed by atoms with Crippen LogP contribution in [-0.2, 0) is 14.3 Å². The molecule has 0 unspecified atom stereocenters. The molecule has 0 bridgehead atoms. The summed E-state index contributed by atoms with van der Waals surface area (Å²) in [6.45, 7) is 7.62. The van der Waals surface area contributed by atoms with E-state index in [4.69, 9.17) is 9.47 Å². The average molecular weight is 210 g/mol. The maximum absolute atomic E-state index is 11.7. The predicted molar refractivity (Wildman–Crippen MR) is 58.5 cm³/mol. The van der Waals surface area contributed by atoms with Gasteiger partial charge in [0, 0.05) is 25.4 Å². The third kappa shape index (κ3) is 1.77. The van der Waals surface area contributed by atoms with Gasteiger partial charge >= 0.3 is 0 Å². The van der Waals surface area contributed by atoms with Gasteiger partial charge in [-0.2, -0.15) is 0 Å². The number of ether oxygens (including phenoxy) is 2. The van der Waals surface area contributed by atoms with E-state index in [2.05, 4.69) is 6.58 Å². The molecule has 3 nitrogen and oxygen atoms in total. The van der Waals surface area contributed by atoms with Gasteiger partial charge in [0.15, 0.2) is 0 Å². The highest BCUT2D eigenvalue weighted by atomic mass is 16.7. The average Bonchev–Trinajstić information content (AvgIpc) is 2.22. The first-order valence-electron chi connectivity index (χ1n) is 4.99. The topological polar surface area (TPSA) is 35.5 Å². The van der Waals surface area contributed by atoms with Crippen LogP contribution in [0, 0.1) is 0 Å². The molecule has 0 saturated carbocycles. The molecule has 0 fully saturated rings. The van der Waals surface area contributed by atoms with Crippen LogP contribution in [0.15, 0.2) is 23.3 Å². The Bertz CT molecular complexity index is 322. The van der Waals surface area contributed by atoms with Crippen LogP contribution in [0.5, 0.6) is 0 Å². The number of rotatable bonds is 5. The van der Waals surface area contributed by atoms with Crippen molar-refractivity contribution in [3.63, 3.8) is 0 Å². The Kier molecular flexibility index (Phi) is 3.47. The summed E-state index contributed by atoms with van der Waals surface area (Å²) in [5.74, 6) is -1.18. The molecular formula is C12H18O3. The zero-order valence-corrected chi connectivity index (χ0v) is 9.85. The summed E-state index contributed by atoms with van der Waals surface area (Å²) >= 11 is 0. The van der Waals surface area contributed by atoms with Crippen molar-refractivity contribution in [2.24, 2.45) is 0 Å². The van der Waals surface area contributed by atoms with Crippen molar-refractivity contribution >= 4 is 5.78 Å². The number of carbonyl (C=O) groups is 1. The lowest BCUT2D eigenvalue weighted by Gasteiger charge is -2.40. The van der Waals surface area contributed by atoms with E-state index in [0.717, 1.165) is 29.6 Å². The lowest BCUT2D eigenvalue weighted by Crippen LogP contribution is -2.53. The molecule has 0 aromatic carbocycles. The molecule has 84 valence electrons. The van der Waals surface area contributed by atoms with Crippen molar-refractivity contribution in [3.8, 4) is 0 Å². The van der Waals surface area contributed by atoms with Gasteiger partial charge in [0.2, 0.25) is 5.78 Å².